The van der Waals surface area contributed by atoms with Crippen LogP contribution in [0.5, 0.6) is 11.5 Å². The Morgan fingerprint density at radius 2 is 1.71 bits per heavy atom. The number of phenolic OH excluding ortho intramolecular Hbond substituents is 2. The van der Waals surface area contributed by atoms with Gasteiger partial charge in [-0.1, -0.05) is 19.2 Å². The van der Waals surface area contributed by atoms with Gasteiger partial charge in [-0.15, -0.1) is 0 Å². The standard InChI is InChI=1S/C16H13NO4/c1-3-5-9(4-2)17-10-8-13(20)14-11(18)6-7-12(19)15(14)16(10)21/h3-8,17,20-21H,1-2H2/b9-5+. The molecule has 0 saturated heterocycles. The largest absolute Gasteiger partial charge is 0.507 e. The van der Waals surface area contributed by atoms with E-state index in [-0.39, 0.29) is 22.6 Å². The van der Waals surface area contributed by atoms with Gasteiger partial charge in [0.2, 0.25) is 0 Å². The maximum absolute atomic E-state index is 11.8. The fourth-order valence-corrected chi connectivity index (χ4v) is 2.00. The molecule has 0 heterocycles. The fraction of sp³-hybridized carbons (Fsp3) is 0. The second kappa shape index (κ2) is 5.50. The van der Waals surface area contributed by atoms with Crippen LogP contribution in [0.3, 0.4) is 0 Å². The van der Waals surface area contributed by atoms with Crippen LogP contribution in [-0.4, -0.2) is 21.8 Å². The normalized spacial score (nSPS) is 13.8. The highest BCUT2D eigenvalue weighted by atomic mass is 16.3. The quantitative estimate of drug-likeness (QED) is 0.449. The number of hydrogen-bond acceptors (Lipinski definition) is 5. The number of hydrogen-bond donors (Lipinski definition) is 3. The molecule has 0 radical (unpaired) electrons. The summed E-state index contributed by atoms with van der Waals surface area (Å²) in [6, 6.07) is 1.18. The summed E-state index contributed by atoms with van der Waals surface area (Å²) in [4.78, 5) is 23.6. The van der Waals surface area contributed by atoms with Crippen LogP contribution >= 0.6 is 0 Å². The van der Waals surface area contributed by atoms with E-state index >= 15 is 0 Å². The van der Waals surface area contributed by atoms with E-state index in [1.165, 1.54) is 18.2 Å². The van der Waals surface area contributed by atoms with Crippen molar-refractivity contribution in [3.8, 4) is 11.5 Å². The lowest BCUT2D eigenvalue weighted by Crippen LogP contribution is -2.13. The van der Waals surface area contributed by atoms with Gasteiger partial charge in [0.25, 0.3) is 0 Å². The van der Waals surface area contributed by atoms with Crippen LogP contribution < -0.4 is 5.32 Å². The van der Waals surface area contributed by atoms with Gasteiger partial charge in [-0.25, -0.2) is 0 Å². The Morgan fingerprint density at radius 3 is 2.29 bits per heavy atom. The first-order chi connectivity index (χ1) is 9.99. The van der Waals surface area contributed by atoms with Gasteiger partial charge in [0.1, 0.15) is 5.75 Å². The van der Waals surface area contributed by atoms with Crippen LogP contribution in [0.2, 0.25) is 0 Å². The molecular formula is C16H13NO4. The molecule has 0 aliphatic heterocycles. The summed E-state index contributed by atoms with van der Waals surface area (Å²) in [5.41, 5.74) is 0.186. The number of allylic oxidation sites excluding steroid dienone is 5. The molecule has 0 saturated carbocycles. The van der Waals surface area contributed by atoms with Gasteiger partial charge in [-0.2, -0.15) is 0 Å². The number of nitrogens with one attached hydrogen (secondary N) is 1. The Balaban J connectivity index is 2.60. The van der Waals surface area contributed by atoms with E-state index in [2.05, 4.69) is 18.5 Å². The van der Waals surface area contributed by atoms with Gasteiger partial charge in [0.05, 0.1) is 16.8 Å². The van der Waals surface area contributed by atoms with Gasteiger partial charge in [0, 0.05) is 11.8 Å². The number of fused-ring (bicyclic) bond motifs is 1. The average molecular weight is 283 g/mol. The smallest absolute Gasteiger partial charge is 0.190 e. The lowest BCUT2D eigenvalue weighted by Gasteiger charge is -2.17. The second-order valence-electron chi connectivity index (χ2n) is 4.29. The summed E-state index contributed by atoms with van der Waals surface area (Å²) < 4.78 is 0. The molecule has 0 aromatic heterocycles. The molecule has 2 rings (SSSR count). The highest BCUT2D eigenvalue weighted by Crippen LogP contribution is 2.39. The van der Waals surface area contributed by atoms with Gasteiger partial charge in [-0.3, -0.25) is 9.59 Å². The van der Waals surface area contributed by atoms with Crippen LogP contribution in [0.25, 0.3) is 0 Å². The fourth-order valence-electron chi connectivity index (χ4n) is 2.00. The molecule has 0 unspecified atom stereocenters. The molecule has 0 spiro atoms. The molecule has 1 aromatic carbocycles. The third kappa shape index (κ3) is 2.49. The molecule has 106 valence electrons. The van der Waals surface area contributed by atoms with Crippen molar-refractivity contribution in [2.45, 2.75) is 0 Å². The maximum Gasteiger partial charge on any atom is 0.190 e. The van der Waals surface area contributed by atoms with E-state index in [1.54, 1.807) is 6.08 Å². The van der Waals surface area contributed by atoms with E-state index in [9.17, 15) is 19.8 Å². The van der Waals surface area contributed by atoms with E-state index < -0.39 is 17.3 Å². The molecular weight excluding hydrogens is 270 g/mol. The minimum atomic E-state index is -0.547. The third-order valence-electron chi connectivity index (χ3n) is 2.95. The predicted octanol–water partition coefficient (Wildman–Crippen LogP) is 2.70. The van der Waals surface area contributed by atoms with E-state index in [0.717, 1.165) is 12.2 Å². The minimum absolute atomic E-state index is 0.0932. The Morgan fingerprint density at radius 1 is 1.10 bits per heavy atom. The van der Waals surface area contributed by atoms with Crippen molar-refractivity contribution in [3.63, 3.8) is 0 Å². The first-order valence-corrected chi connectivity index (χ1v) is 6.07. The van der Waals surface area contributed by atoms with Crippen molar-refractivity contribution in [1.29, 1.82) is 0 Å². The average Bonchev–Trinajstić information content (AvgIpc) is 2.46. The Bertz CT molecular complexity index is 726. The number of phenols is 2. The number of carbonyl (C=O) groups excluding carboxylic acids is 2. The SMILES string of the molecule is C=C/C=C(\C=C)Nc1cc(O)c2c(c1O)C(=O)C=CC2=O. The lowest BCUT2D eigenvalue weighted by molar-refractivity contribution is 0.0989. The Kier molecular flexibility index (Phi) is 3.75. The summed E-state index contributed by atoms with van der Waals surface area (Å²) in [6.45, 7) is 7.13. The van der Waals surface area contributed by atoms with Crippen molar-refractivity contribution in [2.24, 2.45) is 0 Å². The van der Waals surface area contributed by atoms with Gasteiger partial charge in [0.15, 0.2) is 17.3 Å². The number of aromatic hydroxyl groups is 2. The van der Waals surface area contributed by atoms with Crippen molar-refractivity contribution >= 4 is 17.3 Å². The van der Waals surface area contributed by atoms with E-state index in [4.69, 9.17) is 0 Å². The number of carbonyl (C=O) groups is 2. The highest BCUT2D eigenvalue weighted by molar-refractivity contribution is 6.25. The summed E-state index contributed by atoms with van der Waals surface area (Å²) in [7, 11) is 0. The molecule has 1 aliphatic rings. The molecule has 0 amide bonds. The molecule has 0 fully saturated rings. The number of anilines is 1. The van der Waals surface area contributed by atoms with Crippen LogP contribution in [0, 0.1) is 0 Å². The van der Waals surface area contributed by atoms with E-state index in [0.29, 0.717) is 5.70 Å². The molecule has 0 bridgehead atoms. The zero-order chi connectivity index (χ0) is 15.6. The topological polar surface area (TPSA) is 86.6 Å². The van der Waals surface area contributed by atoms with Crippen molar-refractivity contribution in [1.82, 2.24) is 0 Å². The monoisotopic (exact) mass is 283 g/mol. The molecule has 5 nitrogen and oxygen atoms in total. The first-order valence-electron chi connectivity index (χ1n) is 6.07. The summed E-state index contributed by atoms with van der Waals surface area (Å²) >= 11 is 0. The van der Waals surface area contributed by atoms with Crippen LogP contribution in [0.1, 0.15) is 20.7 Å². The predicted molar refractivity (Wildman–Crippen MR) is 79.7 cm³/mol. The number of rotatable bonds is 4. The molecule has 5 heteroatoms. The minimum Gasteiger partial charge on any atom is -0.507 e. The summed E-state index contributed by atoms with van der Waals surface area (Å²) in [5.74, 6) is -1.86. The summed E-state index contributed by atoms with van der Waals surface area (Å²) in [6.07, 6.45) is 6.70. The zero-order valence-corrected chi connectivity index (χ0v) is 11.1. The van der Waals surface area contributed by atoms with E-state index in [1.807, 2.05) is 0 Å². The molecule has 21 heavy (non-hydrogen) atoms. The molecule has 3 N–H and O–H groups in total. The van der Waals surface area contributed by atoms with Gasteiger partial charge >= 0.3 is 0 Å². The van der Waals surface area contributed by atoms with Crippen LogP contribution in [-0.2, 0) is 0 Å². The van der Waals surface area contributed by atoms with Crippen LogP contribution in [0.4, 0.5) is 5.69 Å². The van der Waals surface area contributed by atoms with Crippen molar-refractivity contribution in [3.05, 3.63) is 66.4 Å². The number of ketones is 2. The van der Waals surface area contributed by atoms with Crippen molar-refractivity contribution < 1.29 is 19.8 Å². The molecule has 0 atom stereocenters. The van der Waals surface area contributed by atoms with Crippen molar-refractivity contribution in [2.75, 3.05) is 5.32 Å². The summed E-state index contributed by atoms with van der Waals surface area (Å²) in [5, 5.41) is 22.9. The Labute approximate surface area is 121 Å². The first kappa shape index (κ1) is 14.3. The van der Waals surface area contributed by atoms with Gasteiger partial charge in [-0.05, 0) is 24.3 Å². The lowest BCUT2D eigenvalue weighted by atomic mass is 9.92. The molecule has 1 aromatic rings. The third-order valence-corrected chi connectivity index (χ3v) is 2.95. The highest BCUT2D eigenvalue weighted by Gasteiger charge is 2.28. The Hall–Kier alpha value is -3.08. The second-order valence-corrected chi connectivity index (χ2v) is 4.29. The van der Waals surface area contributed by atoms with Crippen LogP contribution in [0.15, 0.2) is 55.3 Å². The number of benzene rings is 1. The van der Waals surface area contributed by atoms with Gasteiger partial charge < -0.3 is 15.5 Å². The molecule has 1 aliphatic carbocycles. The maximum atomic E-state index is 11.8. The zero-order valence-electron chi connectivity index (χ0n) is 11.1.